The van der Waals surface area contributed by atoms with E-state index in [2.05, 4.69) is 11.9 Å². The quantitative estimate of drug-likeness (QED) is 0.751. The van der Waals surface area contributed by atoms with Gasteiger partial charge in [0.2, 0.25) is 5.91 Å². The van der Waals surface area contributed by atoms with Crippen LogP contribution in [0.1, 0.15) is 31.9 Å². The SMILES string of the molecule is C[C@@H]1C[C@@H]1C(=O)N1CC2(C1)OCC[C@H]2CCOCc1ccccn1. The Kier molecular flexibility index (Phi) is 4.31. The Balaban J connectivity index is 1.22. The maximum Gasteiger partial charge on any atom is 0.226 e. The summed E-state index contributed by atoms with van der Waals surface area (Å²) >= 11 is 0. The lowest BCUT2D eigenvalue weighted by atomic mass is 9.79. The van der Waals surface area contributed by atoms with Crippen LogP contribution in [0.25, 0.3) is 0 Å². The molecular weight excluding hydrogens is 304 g/mol. The van der Waals surface area contributed by atoms with E-state index in [1.165, 1.54) is 0 Å². The van der Waals surface area contributed by atoms with Crippen molar-refractivity contribution in [2.75, 3.05) is 26.3 Å². The van der Waals surface area contributed by atoms with Gasteiger partial charge in [0.05, 0.1) is 25.4 Å². The maximum atomic E-state index is 12.3. The molecule has 3 fully saturated rings. The predicted octanol–water partition coefficient (Wildman–Crippen LogP) is 2.26. The van der Waals surface area contributed by atoms with Gasteiger partial charge in [-0.2, -0.15) is 0 Å². The molecule has 130 valence electrons. The predicted molar refractivity (Wildman–Crippen MR) is 89.2 cm³/mol. The maximum absolute atomic E-state index is 12.3. The lowest BCUT2D eigenvalue weighted by molar-refractivity contribution is -0.167. The van der Waals surface area contributed by atoms with Crippen molar-refractivity contribution in [2.24, 2.45) is 17.8 Å². The van der Waals surface area contributed by atoms with E-state index in [9.17, 15) is 4.79 Å². The lowest BCUT2D eigenvalue weighted by Crippen LogP contribution is -2.66. The summed E-state index contributed by atoms with van der Waals surface area (Å²) in [6, 6.07) is 5.87. The molecule has 0 N–H and O–H groups in total. The van der Waals surface area contributed by atoms with E-state index < -0.39 is 0 Å². The number of likely N-dealkylation sites (tertiary alicyclic amines) is 1. The monoisotopic (exact) mass is 330 g/mol. The van der Waals surface area contributed by atoms with Gasteiger partial charge in [-0.25, -0.2) is 0 Å². The van der Waals surface area contributed by atoms with Gasteiger partial charge in [0.1, 0.15) is 5.60 Å². The molecular formula is C19H26N2O3. The molecule has 0 bridgehead atoms. The second-order valence-electron chi connectivity index (χ2n) is 7.57. The number of carbonyl (C=O) groups excluding carboxylic acids is 1. The summed E-state index contributed by atoms with van der Waals surface area (Å²) in [6.07, 6.45) is 4.93. The number of pyridine rings is 1. The van der Waals surface area contributed by atoms with Crippen LogP contribution in [0.2, 0.25) is 0 Å². The molecule has 2 saturated heterocycles. The van der Waals surface area contributed by atoms with Crippen LogP contribution in [0, 0.1) is 17.8 Å². The highest BCUT2D eigenvalue weighted by molar-refractivity contribution is 5.82. The molecule has 1 aliphatic carbocycles. The summed E-state index contributed by atoms with van der Waals surface area (Å²) in [5.41, 5.74) is 0.871. The minimum absolute atomic E-state index is 0.0951. The van der Waals surface area contributed by atoms with Gasteiger partial charge in [0, 0.05) is 25.3 Å². The molecule has 1 aromatic heterocycles. The summed E-state index contributed by atoms with van der Waals surface area (Å²) in [5, 5.41) is 0. The number of amides is 1. The van der Waals surface area contributed by atoms with Crippen molar-refractivity contribution in [1.82, 2.24) is 9.88 Å². The van der Waals surface area contributed by atoms with Crippen LogP contribution in [0.3, 0.4) is 0 Å². The summed E-state index contributed by atoms with van der Waals surface area (Å²) in [4.78, 5) is 18.6. The molecule has 1 amide bonds. The van der Waals surface area contributed by atoms with Crippen molar-refractivity contribution in [3.63, 3.8) is 0 Å². The van der Waals surface area contributed by atoms with E-state index >= 15 is 0 Å². The zero-order chi connectivity index (χ0) is 16.6. The molecule has 24 heavy (non-hydrogen) atoms. The van der Waals surface area contributed by atoms with E-state index in [0.29, 0.717) is 24.3 Å². The average Bonchev–Trinajstić information content (AvgIpc) is 3.14. The van der Waals surface area contributed by atoms with E-state index in [4.69, 9.17) is 9.47 Å². The van der Waals surface area contributed by atoms with Crippen molar-refractivity contribution < 1.29 is 14.3 Å². The molecule has 2 aliphatic heterocycles. The number of hydrogen-bond acceptors (Lipinski definition) is 4. The largest absolute Gasteiger partial charge is 0.375 e. The van der Waals surface area contributed by atoms with Crippen LogP contribution < -0.4 is 0 Å². The van der Waals surface area contributed by atoms with Crippen molar-refractivity contribution in [1.29, 1.82) is 0 Å². The van der Waals surface area contributed by atoms with Gasteiger partial charge in [-0.05, 0) is 43.2 Å². The first-order chi connectivity index (χ1) is 11.7. The Morgan fingerprint density at radius 2 is 2.29 bits per heavy atom. The second-order valence-corrected chi connectivity index (χ2v) is 7.57. The molecule has 0 aromatic carbocycles. The van der Waals surface area contributed by atoms with E-state index in [1.807, 2.05) is 23.1 Å². The molecule has 1 spiro atoms. The molecule has 5 heteroatoms. The number of nitrogens with zero attached hydrogens (tertiary/aromatic N) is 2. The highest BCUT2D eigenvalue weighted by atomic mass is 16.5. The normalized spacial score (nSPS) is 30.4. The zero-order valence-corrected chi connectivity index (χ0v) is 14.3. The number of ether oxygens (including phenoxy) is 2. The first kappa shape index (κ1) is 16.0. The van der Waals surface area contributed by atoms with Crippen molar-refractivity contribution >= 4 is 5.91 Å². The minimum atomic E-state index is -0.0951. The molecule has 0 radical (unpaired) electrons. The summed E-state index contributed by atoms with van der Waals surface area (Å²) in [5.74, 6) is 1.70. The summed E-state index contributed by atoms with van der Waals surface area (Å²) in [6.45, 7) is 5.81. The van der Waals surface area contributed by atoms with Gasteiger partial charge < -0.3 is 14.4 Å². The first-order valence-corrected chi connectivity index (χ1v) is 9.08. The molecule has 3 aliphatic rings. The Hall–Kier alpha value is -1.46. The van der Waals surface area contributed by atoms with Gasteiger partial charge in [0.15, 0.2) is 0 Å². The molecule has 1 aromatic rings. The topological polar surface area (TPSA) is 51.7 Å². The Bertz CT molecular complexity index is 586. The zero-order valence-electron chi connectivity index (χ0n) is 14.3. The Morgan fingerprint density at radius 3 is 3.00 bits per heavy atom. The van der Waals surface area contributed by atoms with Crippen LogP contribution in [0.15, 0.2) is 24.4 Å². The van der Waals surface area contributed by atoms with E-state index in [-0.39, 0.29) is 11.5 Å². The van der Waals surface area contributed by atoms with Crippen molar-refractivity contribution in [3.05, 3.63) is 30.1 Å². The van der Waals surface area contributed by atoms with Gasteiger partial charge >= 0.3 is 0 Å². The van der Waals surface area contributed by atoms with E-state index in [1.54, 1.807) is 6.20 Å². The molecule has 1 saturated carbocycles. The van der Waals surface area contributed by atoms with Gasteiger partial charge in [-0.1, -0.05) is 13.0 Å². The third-order valence-corrected chi connectivity index (χ3v) is 5.84. The Labute approximate surface area is 143 Å². The number of hydrogen-bond donors (Lipinski definition) is 0. The van der Waals surface area contributed by atoms with Crippen LogP contribution >= 0.6 is 0 Å². The van der Waals surface area contributed by atoms with Gasteiger partial charge in [-0.15, -0.1) is 0 Å². The van der Waals surface area contributed by atoms with Crippen molar-refractivity contribution in [2.45, 2.75) is 38.4 Å². The fraction of sp³-hybridized carbons (Fsp3) is 0.684. The second kappa shape index (κ2) is 6.45. The summed E-state index contributed by atoms with van der Waals surface area (Å²) < 4.78 is 11.8. The third-order valence-electron chi connectivity index (χ3n) is 5.84. The molecule has 3 atom stereocenters. The fourth-order valence-corrected chi connectivity index (χ4v) is 4.08. The molecule has 3 heterocycles. The first-order valence-electron chi connectivity index (χ1n) is 9.08. The van der Waals surface area contributed by atoms with Gasteiger partial charge in [0.25, 0.3) is 0 Å². The van der Waals surface area contributed by atoms with Crippen LogP contribution in [0.5, 0.6) is 0 Å². The highest BCUT2D eigenvalue weighted by Gasteiger charge is 2.56. The van der Waals surface area contributed by atoms with Crippen molar-refractivity contribution in [3.8, 4) is 0 Å². The molecule has 4 rings (SSSR count). The average molecular weight is 330 g/mol. The molecule has 5 nitrogen and oxygen atoms in total. The van der Waals surface area contributed by atoms with Gasteiger partial charge in [-0.3, -0.25) is 9.78 Å². The fourth-order valence-electron chi connectivity index (χ4n) is 4.08. The minimum Gasteiger partial charge on any atom is -0.375 e. The highest BCUT2D eigenvalue weighted by Crippen LogP contribution is 2.45. The van der Waals surface area contributed by atoms with Crippen LogP contribution in [0.4, 0.5) is 0 Å². The van der Waals surface area contributed by atoms with E-state index in [0.717, 1.165) is 51.3 Å². The number of carbonyl (C=O) groups is 1. The Morgan fingerprint density at radius 1 is 1.46 bits per heavy atom. The summed E-state index contributed by atoms with van der Waals surface area (Å²) in [7, 11) is 0. The number of aromatic nitrogens is 1. The molecule has 0 unspecified atom stereocenters. The smallest absolute Gasteiger partial charge is 0.226 e. The lowest BCUT2D eigenvalue weighted by Gasteiger charge is -2.50. The standard InChI is InChI=1S/C19H26N2O3/c1-14-10-17(14)18(22)21-12-19(13-21)15(6-9-24-19)5-8-23-11-16-4-2-3-7-20-16/h2-4,7,14-15,17H,5-6,8-13H2,1H3/t14-,15-,17+/m1/s1. The van der Waals surface area contributed by atoms with Crippen LogP contribution in [-0.2, 0) is 20.9 Å². The third kappa shape index (κ3) is 3.07. The number of rotatable bonds is 6. The van der Waals surface area contributed by atoms with Crippen LogP contribution in [-0.4, -0.2) is 47.7 Å².